The first kappa shape index (κ1) is 31.0. The van der Waals surface area contributed by atoms with Gasteiger partial charge in [-0.1, -0.05) is 44.2 Å². The van der Waals surface area contributed by atoms with Gasteiger partial charge in [-0.15, -0.1) is 0 Å². The van der Waals surface area contributed by atoms with Crippen molar-refractivity contribution in [1.82, 2.24) is 16.0 Å². The summed E-state index contributed by atoms with van der Waals surface area (Å²) >= 11 is 0. The fourth-order valence-electron chi connectivity index (χ4n) is 3.35. The molecule has 0 unspecified atom stereocenters. The van der Waals surface area contributed by atoms with Crippen LogP contribution in [0.15, 0.2) is 30.3 Å². The van der Waals surface area contributed by atoms with Gasteiger partial charge in [0.2, 0.25) is 17.7 Å². The molecule has 0 aromatic heterocycles. The predicted molar refractivity (Wildman–Crippen MR) is 130 cm³/mol. The quantitative estimate of drug-likeness (QED) is 0.147. The van der Waals surface area contributed by atoms with Crippen LogP contribution in [0.4, 0.5) is 0 Å². The van der Waals surface area contributed by atoms with Crippen molar-refractivity contribution in [3.05, 3.63) is 35.9 Å². The largest absolute Gasteiger partial charge is 0.481 e. The van der Waals surface area contributed by atoms with Crippen molar-refractivity contribution in [3.8, 4) is 0 Å². The smallest absolute Gasteiger partial charge is 0.326 e. The molecular weight excluding hydrogens is 488 g/mol. The maximum Gasteiger partial charge on any atom is 0.326 e. The standard InChI is InChI=1S/C24H34N4O9/c1-13(2)20(23(35)27-17(24(36)37)9-11-19(31)32)28-22(34)16(8-10-18(29)30)26-21(33)15(25)12-14-6-4-3-5-7-14/h3-7,13,15-17,20H,8-12,25H2,1-2H3,(H,26,33)(H,27,35)(H,28,34)(H,29,30)(H,31,32)(H,36,37)/t15-,16-,17-,20-/m0/s1. The van der Waals surface area contributed by atoms with E-state index in [0.717, 1.165) is 5.56 Å². The van der Waals surface area contributed by atoms with Gasteiger partial charge < -0.3 is 37.0 Å². The van der Waals surface area contributed by atoms with E-state index in [2.05, 4.69) is 16.0 Å². The molecule has 0 fully saturated rings. The Balaban J connectivity index is 2.95. The van der Waals surface area contributed by atoms with Gasteiger partial charge in [-0.05, 0) is 30.7 Å². The minimum absolute atomic E-state index is 0.171. The van der Waals surface area contributed by atoms with Gasteiger partial charge in [-0.25, -0.2) is 4.79 Å². The maximum atomic E-state index is 13.0. The first-order valence-electron chi connectivity index (χ1n) is 11.7. The summed E-state index contributed by atoms with van der Waals surface area (Å²) in [6.45, 7) is 3.16. The molecule has 37 heavy (non-hydrogen) atoms. The Morgan fingerprint density at radius 2 is 1.27 bits per heavy atom. The topological polar surface area (TPSA) is 225 Å². The highest BCUT2D eigenvalue weighted by atomic mass is 16.4. The van der Waals surface area contributed by atoms with Crippen molar-refractivity contribution in [1.29, 1.82) is 0 Å². The molecule has 204 valence electrons. The molecule has 0 spiro atoms. The van der Waals surface area contributed by atoms with E-state index in [4.69, 9.17) is 15.9 Å². The van der Waals surface area contributed by atoms with Gasteiger partial charge in [0.15, 0.2) is 0 Å². The lowest BCUT2D eigenvalue weighted by Crippen LogP contribution is -2.58. The molecule has 0 bridgehead atoms. The molecule has 0 aliphatic heterocycles. The van der Waals surface area contributed by atoms with E-state index in [1.165, 1.54) is 0 Å². The van der Waals surface area contributed by atoms with Crippen LogP contribution in [0, 0.1) is 5.92 Å². The van der Waals surface area contributed by atoms with Crippen LogP contribution in [0.1, 0.15) is 45.1 Å². The lowest BCUT2D eigenvalue weighted by Gasteiger charge is -2.27. The second-order valence-corrected chi connectivity index (χ2v) is 8.85. The first-order chi connectivity index (χ1) is 17.3. The van der Waals surface area contributed by atoms with Crippen LogP contribution in [0.5, 0.6) is 0 Å². The molecule has 13 nitrogen and oxygen atoms in total. The summed E-state index contributed by atoms with van der Waals surface area (Å²) in [6, 6.07) is 3.78. The van der Waals surface area contributed by atoms with E-state index in [-0.39, 0.29) is 19.3 Å². The number of carboxylic acids is 3. The van der Waals surface area contributed by atoms with Gasteiger partial charge in [-0.2, -0.15) is 0 Å². The number of carbonyl (C=O) groups is 6. The molecule has 3 amide bonds. The first-order valence-corrected chi connectivity index (χ1v) is 11.7. The number of hydrogen-bond acceptors (Lipinski definition) is 7. The second kappa shape index (κ2) is 15.2. The number of rotatable bonds is 16. The number of benzene rings is 1. The number of aliphatic carboxylic acids is 3. The summed E-state index contributed by atoms with van der Waals surface area (Å²) in [5.41, 5.74) is 6.74. The van der Waals surface area contributed by atoms with Crippen LogP contribution >= 0.6 is 0 Å². The Kier molecular flexibility index (Phi) is 12.7. The lowest BCUT2D eigenvalue weighted by molar-refractivity contribution is -0.143. The van der Waals surface area contributed by atoms with Crippen molar-refractivity contribution < 1.29 is 44.1 Å². The molecule has 1 rings (SSSR count). The Hall–Kier alpha value is -4.00. The number of carbonyl (C=O) groups excluding carboxylic acids is 3. The summed E-state index contributed by atoms with van der Waals surface area (Å²) in [6.07, 6.45) is -1.44. The van der Waals surface area contributed by atoms with Crippen molar-refractivity contribution >= 4 is 35.6 Å². The molecular formula is C24H34N4O9. The minimum atomic E-state index is -1.50. The van der Waals surface area contributed by atoms with E-state index < -0.39 is 78.6 Å². The average molecular weight is 523 g/mol. The second-order valence-electron chi connectivity index (χ2n) is 8.85. The van der Waals surface area contributed by atoms with Crippen LogP contribution in [-0.4, -0.2) is 75.1 Å². The summed E-state index contributed by atoms with van der Waals surface area (Å²) in [7, 11) is 0. The van der Waals surface area contributed by atoms with Gasteiger partial charge in [0.1, 0.15) is 18.1 Å². The highest BCUT2D eigenvalue weighted by molar-refractivity contribution is 5.94. The van der Waals surface area contributed by atoms with Gasteiger partial charge in [-0.3, -0.25) is 24.0 Å². The third-order valence-corrected chi connectivity index (χ3v) is 5.42. The highest BCUT2D eigenvalue weighted by Gasteiger charge is 2.32. The van der Waals surface area contributed by atoms with E-state index in [1.54, 1.807) is 44.2 Å². The molecule has 1 aromatic rings. The van der Waals surface area contributed by atoms with E-state index in [1.807, 2.05) is 0 Å². The zero-order valence-electron chi connectivity index (χ0n) is 20.7. The Morgan fingerprint density at radius 1 is 0.757 bits per heavy atom. The van der Waals surface area contributed by atoms with E-state index in [9.17, 15) is 33.9 Å². The summed E-state index contributed by atoms with van der Waals surface area (Å²) < 4.78 is 0. The fourth-order valence-corrected chi connectivity index (χ4v) is 3.35. The maximum absolute atomic E-state index is 13.0. The Morgan fingerprint density at radius 3 is 1.76 bits per heavy atom. The van der Waals surface area contributed by atoms with Crippen LogP contribution in [0.25, 0.3) is 0 Å². The highest BCUT2D eigenvalue weighted by Crippen LogP contribution is 2.08. The van der Waals surface area contributed by atoms with Crippen molar-refractivity contribution in [2.45, 2.75) is 70.1 Å². The van der Waals surface area contributed by atoms with Crippen molar-refractivity contribution in [3.63, 3.8) is 0 Å². The number of nitrogens with two attached hydrogens (primary N) is 1. The molecule has 0 heterocycles. The van der Waals surface area contributed by atoms with Crippen LogP contribution in [0.3, 0.4) is 0 Å². The molecule has 0 saturated carbocycles. The summed E-state index contributed by atoms with van der Waals surface area (Å²) in [5, 5.41) is 34.2. The SMILES string of the molecule is CC(C)[C@H](NC(=O)[C@H](CCC(=O)O)NC(=O)[C@@H](N)Cc1ccccc1)C(=O)N[C@@H](CCC(=O)O)C(=O)O. The van der Waals surface area contributed by atoms with Crippen molar-refractivity contribution in [2.75, 3.05) is 0 Å². The number of carboxylic acid groups (broad SMARTS) is 3. The molecule has 13 heteroatoms. The molecule has 1 aromatic carbocycles. The van der Waals surface area contributed by atoms with E-state index in [0.29, 0.717) is 0 Å². The number of amides is 3. The van der Waals surface area contributed by atoms with Crippen LogP contribution in [0.2, 0.25) is 0 Å². The molecule has 0 aliphatic carbocycles. The molecule has 8 N–H and O–H groups in total. The third kappa shape index (κ3) is 11.5. The normalized spacial score (nSPS) is 14.1. The van der Waals surface area contributed by atoms with Crippen molar-refractivity contribution in [2.24, 2.45) is 11.7 Å². The third-order valence-electron chi connectivity index (χ3n) is 5.42. The number of hydrogen-bond donors (Lipinski definition) is 7. The zero-order chi connectivity index (χ0) is 28.1. The minimum Gasteiger partial charge on any atom is -0.481 e. The molecule has 4 atom stereocenters. The Labute approximate surface area is 213 Å². The predicted octanol–water partition coefficient (Wildman–Crippen LogP) is -0.519. The molecule has 0 radical (unpaired) electrons. The van der Waals surface area contributed by atoms with Gasteiger partial charge in [0.05, 0.1) is 6.04 Å². The van der Waals surface area contributed by atoms with E-state index >= 15 is 0 Å². The van der Waals surface area contributed by atoms with Crippen LogP contribution < -0.4 is 21.7 Å². The fraction of sp³-hybridized carbons (Fsp3) is 0.500. The lowest BCUT2D eigenvalue weighted by atomic mass is 10.0. The van der Waals surface area contributed by atoms with Gasteiger partial charge in [0.25, 0.3) is 0 Å². The van der Waals surface area contributed by atoms with Crippen LogP contribution in [-0.2, 0) is 35.2 Å². The monoisotopic (exact) mass is 522 g/mol. The molecule has 0 aliphatic rings. The average Bonchev–Trinajstić information content (AvgIpc) is 2.82. The number of nitrogens with one attached hydrogen (secondary N) is 3. The van der Waals surface area contributed by atoms with Gasteiger partial charge in [0, 0.05) is 12.8 Å². The summed E-state index contributed by atoms with van der Waals surface area (Å²) in [5.74, 6) is -6.84. The molecule has 0 saturated heterocycles. The van der Waals surface area contributed by atoms with Gasteiger partial charge >= 0.3 is 17.9 Å². The summed E-state index contributed by atoms with van der Waals surface area (Å²) in [4.78, 5) is 71.7. The zero-order valence-corrected chi connectivity index (χ0v) is 20.7. The Bertz CT molecular complexity index is 968.